The number of carbonyl (C=O) groups excluding carboxylic acids is 2. The third-order valence-corrected chi connectivity index (χ3v) is 5.99. The summed E-state index contributed by atoms with van der Waals surface area (Å²) >= 11 is 5.96. The summed E-state index contributed by atoms with van der Waals surface area (Å²) in [4.78, 5) is 26.4. The number of hydrogen-bond donors (Lipinski definition) is 2. The van der Waals surface area contributed by atoms with Gasteiger partial charge in [0.1, 0.15) is 11.4 Å². The minimum Gasteiger partial charge on any atom is -0.486 e. The first kappa shape index (κ1) is 20.6. The maximum atomic E-state index is 12.9. The summed E-state index contributed by atoms with van der Waals surface area (Å²) in [7, 11) is 0. The SMILES string of the molecule is O=C(/C=C/c1ccc2c(c1)C(=O)CC1(CCN(Cc3ccc(Cl)cc3)CC1)O2)NO. The lowest BCUT2D eigenvalue weighted by atomic mass is 9.82. The first-order chi connectivity index (χ1) is 14.5. The van der Waals surface area contributed by atoms with Crippen LogP contribution in [0.5, 0.6) is 5.75 Å². The molecule has 2 N–H and O–H groups in total. The number of ketones is 1. The van der Waals surface area contributed by atoms with Gasteiger partial charge < -0.3 is 4.74 Å². The van der Waals surface area contributed by atoms with Gasteiger partial charge in [-0.3, -0.25) is 19.7 Å². The summed E-state index contributed by atoms with van der Waals surface area (Å²) in [5.74, 6) is 0.0324. The van der Waals surface area contributed by atoms with Crippen molar-refractivity contribution in [3.05, 3.63) is 70.3 Å². The average molecular weight is 427 g/mol. The number of likely N-dealkylation sites (tertiary alicyclic amines) is 1. The maximum absolute atomic E-state index is 12.9. The molecule has 2 heterocycles. The molecule has 30 heavy (non-hydrogen) atoms. The van der Waals surface area contributed by atoms with Crippen molar-refractivity contribution in [3.8, 4) is 5.75 Å². The minimum absolute atomic E-state index is 0.0595. The molecule has 1 amide bonds. The lowest BCUT2D eigenvalue weighted by Gasteiger charge is -2.44. The number of ether oxygens (including phenoxy) is 1. The summed E-state index contributed by atoms with van der Waals surface area (Å²) in [6, 6.07) is 13.2. The van der Waals surface area contributed by atoms with Crippen molar-refractivity contribution < 1.29 is 19.5 Å². The second-order valence-corrected chi connectivity index (χ2v) is 8.29. The van der Waals surface area contributed by atoms with Gasteiger partial charge >= 0.3 is 0 Å². The first-order valence-electron chi connectivity index (χ1n) is 9.92. The molecule has 0 atom stereocenters. The molecule has 1 saturated heterocycles. The predicted octanol–water partition coefficient (Wildman–Crippen LogP) is 3.86. The summed E-state index contributed by atoms with van der Waals surface area (Å²) in [5.41, 5.74) is 3.54. The van der Waals surface area contributed by atoms with Crippen LogP contribution in [-0.2, 0) is 11.3 Å². The Balaban J connectivity index is 1.42. The van der Waals surface area contributed by atoms with Gasteiger partial charge in [-0.15, -0.1) is 0 Å². The topological polar surface area (TPSA) is 78.9 Å². The molecule has 7 heteroatoms. The van der Waals surface area contributed by atoms with Gasteiger partial charge in [-0.25, -0.2) is 5.48 Å². The number of amides is 1. The fourth-order valence-electron chi connectivity index (χ4n) is 4.07. The monoisotopic (exact) mass is 426 g/mol. The van der Waals surface area contributed by atoms with Gasteiger partial charge in [0.2, 0.25) is 0 Å². The molecule has 0 unspecified atom stereocenters. The highest BCUT2D eigenvalue weighted by Crippen LogP contribution is 2.40. The molecule has 2 aliphatic rings. The fraction of sp³-hybridized carbons (Fsp3) is 0.304. The van der Waals surface area contributed by atoms with Crippen LogP contribution in [0.25, 0.3) is 6.08 Å². The van der Waals surface area contributed by atoms with E-state index in [0.29, 0.717) is 23.3 Å². The third kappa shape index (κ3) is 4.56. The Morgan fingerprint density at radius 3 is 2.63 bits per heavy atom. The quantitative estimate of drug-likeness (QED) is 0.441. The Morgan fingerprint density at radius 1 is 1.20 bits per heavy atom. The second-order valence-electron chi connectivity index (χ2n) is 7.85. The largest absolute Gasteiger partial charge is 0.486 e. The molecular formula is C23H23ClN2O4. The predicted molar refractivity (Wildman–Crippen MR) is 114 cm³/mol. The molecule has 156 valence electrons. The van der Waals surface area contributed by atoms with Crippen molar-refractivity contribution in [1.82, 2.24) is 10.4 Å². The van der Waals surface area contributed by atoms with Gasteiger partial charge in [-0.2, -0.15) is 0 Å². The highest BCUT2D eigenvalue weighted by molar-refractivity contribution is 6.30. The Morgan fingerprint density at radius 2 is 1.93 bits per heavy atom. The van der Waals surface area contributed by atoms with Crippen molar-refractivity contribution in [1.29, 1.82) is 0 Å². The molecule has 2 aliphatic heterocycles. The van der Waals surface area contributed by atoms with Crippen LogP contribution in [0.1, 0.15) is 40.7 Å². The van der Waals surface area contributed by atoms with E-state index in [-0.39, 0.29) is 5.78 Å². The molecule has 2 aromatic rings. The van der Waals surface area contributed by atoms with Crippen LogP contribution in [0.15, 0.2) is 48.5 Å². The Kier molecular flexibility index (Phi) is 5.90. The lowest BCUT2D eigenvalue weighted by Crippen LogP contribution is -2.50. The van der Waals surface area contributed by atoms with E-state index in [1.807, 2.05) is 24.3 Å². The number of nitrogens with zero attached hydrogens (tertiary/aromatic N) is 1. The van der Waals surface area contributed by atoms with Crippen molar-refractivity contribution >= 4 is 29.4 Å². The Labute approximate surface area is 180 Å². The zero-order valence-electron chi connectivity index (χ0n) is 16.4. The summed E-state index contributed by atoms with van der Waals surface area (Å²) in [6.07, 6.45) is 4.69. The summed E-state index contributed by atoms with van der Waals surface area (Å²) < 4.78 is 6.34. The molecule has 2 aromatic carbocycles. The number of nitrogens with one attached hydrogen (secondary N) is 1. The summed E-state index contributed by atoms with van der Waals surface area (Å²) in [5, 5.41) is 9.30. The molecular weight excluding hydrogens is 404 g/mol. The van der Waals surface area contributed by atoms with Gasteiger partial charge in [-0.1, -0.05) is 29.8 Å². The number of hydroxylamine groups is 1. The first-order valence-corrected chi connectivity index (χ1v) is 10.3. The number of carbonyl (C=O) groups is 2. The zero-order chi connectivity index (χ0) is 21.1. The molecule has 0 saturated carbocycles. The van der Waals surface area contributed by atoms with E-state index < -0.39 is 11.5 Å². The van der Waals surface area contributed by atoms with Crippen LogP contribution in [0, 0.1) is 0 Å². The lowest BCUT2D eigenvalue weighted by molar-refractivity contribution is -0.124. The molecule has 0 bridgehead atoms. The normalized spacial score (nSPS) is 18.3. The molecule has 1 spiro atoms. The smallest absolute Gasteiger partial charge is 0.267 e. The van der Waals surface area contributed by atoms with Gasteiger partial charge in [0, 0.05) is 43.6 Å². The third-order valence-electron chi connectivity index (χ3n) is 5.74. The minimum atomic E-state index is -0.625. The Bertz CT molecular complexity index is 979. The van der Waals surface area contributed by atoms with E-state index in [0.717, 1.165) is 37.5 Å². The van der Waals surface area contributed by atoms with Gasteiger partial charge in [0.05, 0.1) is 12.0 Å². The number of Topliss-reactive ketones (excluding diaryl/α,β-unsaturated/α-hetero) is 1. The van der Waals surface area contributed by atoms with Crippen molar-refractivity contribution in [2.75, 3.05) is 13.1 Å². The number of benzene rings is 2. The van der Waals surface area contributed by atoms with E-state index in [9.17, 15) is 9.59 Å². The molecule has 1 fully saturated rings. The van der Waals surface area contributed by atoms with Crippen molar-refractivity contribution in [2.24, 2.45) is 0 Å². The molecule has 0 aromatic heterocycles. The summed E-state index contributed by atoms with van der Waals surface area (Å²) in [6.45, 7) is 2.58. The van der Waals surface area contributed by atoms with E-state index >= 15 is 0 Å². The van der Waals surface area contributed by atoms with Gasteiger partial charge in [0.15, 0.2) is 5.78 Å². The molecule has 6 nitrogen and oxygen atoms in total. The maximum Gasteiger partial charge on any atom is 0.267 e. The second kappa shape index (κ2) is 8.60. The van der Waals surface area contributed by atoms with Crippen LogP contribution in [0.2, 0.25) is 5.02 Å². The Hall–Kier alpha value is -2.67. The standard InChI is InChI=1S/C23H23ClN2O4/c24-18-5-1-17(2-6-18)15-26-11-9-23(10-12-26)14-20(27)19-13-16(3-7-21(19)30-23)4-8-22(28)25-29/h1-8,13,29H,9-12,14-15H2,(H,25,28)/b8-4+. The van der Waals surface area contributed by atoms with E-state index in [1.54, 1.807) is 24.3 Å². The van der Waals surface area contributed by atoms with E-state index in [4.69, 9.17) is 21.5 Å². The van der Waals surface area contributed by atoms with Crippen molar-refractivity contribution in [2.45, 2.75) is 31.4 Å². The van der Waals surface area contributed by atoms with Crippen LogP contribution in [-0.4, -0.2) is 40.5 Å². The number of halogens is 1. The van der Waals surface area contributed by atoms with E-state index in [2.05, 4.69) is 4.90 Å². The van der Waals surface area contributed by atoms with Crippen LogP contribution >= 0.6 is 11.6 Å². The van der Waals surface area contributed by atoms with Crippen LogP contribution in [0.4, 0.5) is 0 Å². The zero-order valence-corrected chi connectivity index (χ0v) is 17.2. The average Bonchev–Trinajstić information content (AvgIpc) is 2.75. The highest BCUT2D eigenvalue weighted by atomic mass is 35.5. The number of hydrogen-bond acceptors (Lipinski definition) is 5. The van der Waals surface area contributed by atoms with E-state index in [1.165, 1.54) is 17.1 Å². The number of rotatable bonds is 4. The van der Waals surface area contributed by atoms with Crippen molar-refractivity contribution in [3.63, 3.8) is 0 Å². The van der Waals surface area contributed by atoms with Gasteiger partial charge in [0.25, 0.3) is 5.91 Å². The number of fused-ring (bicyclic) bond motifs is 1. The van der Waals surface area contributed by atoms with Gasteiger partial charge in [-0.05, 0) is 41.5 Å². The molecule has 4 rings (SSSR count). The highest BCUT2D eigenvalue weighted by Gasteiger charge is 2.42. The van der Waals surface area contributed by atoms with Crippen LogP contribution < -0.4 is 10.2 Å². The van der Waals surface area contributed by atoms with Crippen LogP contribution in [0.3, 0.4) is 0 Å². The number of piperidine rings is 1. The molecule has 0 aliphatic carbocycles. The molecule has 0 radical (unpaired) electrons. The fourth-order valence-corrected chi connectivity index (χ4v) is 4.20.